The molecule has 0 aromatic heterocycles. The Bertz CT molecular complexity index is 462. The SMILES string of the molecule is CNC(Cc1ccc(Br)cc1Cl)C1CC2CCC1C2. The second-order valence-electron chi connectivity index (χ2n) is 6.17. The zero-order chi connectivity index (χ0) is 13.4. The minimum Gasteiger partial charge on any atom is -0.316 e. The fraction of sp³-hybridized carbons (Fsp3) is 0.625. The molecular formula is C16H21BrClN. The van der Waals surface area contributed by atoms with E-state index in [1.807, 2.05) is 6.07 Å². The van der Waals surface area contributed by atoms with Crippen LogP contribution >= 0.6 is 27.5 Å². The quantitative estimate of drug-likeness (QED) is 0.838. The molecular weight excluding hydrogens is 322 g/mol. The first-order chi connectivity index (χ1) is 9.17. The van der Waals surface area contributed by atoms with E-state index in [2.05, 4.69) is 40.4 Å². The summed E-state index contributed by atoms with van der Waals surface area (Å²) in [6, 6.07) is 6.83. The molecule has 0 aliphatic heterocycles. The highest BCUT2D eigenvalue weighted by Crippen LogP contribution is 2.50. The van der Waals surface area contributed by atoms with Crippen molar-refractivity contribution in [2.24, 2.45) is 17.8 Å². The Hall–Kier alpha value is -0.0500. The van der Waals surface area contributed by atoms with Crippen molar-refractivity contribution in [3.05, 3.63) is 33.3 Å². The van der Waals surface area contributed by atoms with Crippen LogP contribution in [-0.4, -0.2) is 13.1 Å². The van der Waals surface area contributed by atoms with Crippen molar-refractivity contribution in [1.29, 1.82) is 0 Å². The van der Waals surface area contributed by atoms with Gasteiger partial charge in [0.25, 0.3) is 0 Å². The molecule has 0 saturated heterocycles. The summed E-state index contributed by atoms with van der Waals surface area (Å²) in [6.07, 6.45) is 6.86. The molecule has 2 aliphatic carbocycles. The van der Waals surface area contributed by atoms with Gasteiger partial charge in [0.05, 0.1) is 0 Å². The lowest BCUT2D eigenvalue weighted by atomic mass is 9.81. The highest BCUT2D eigenvalue weighted by Gasteiger charge is 2.42. The number of halogens is 2. The minimum atomic E-state index is 0.578. The van der Waals surface area contributed by atoms with Crippen LogP contribution in [0.15, 0.2) is 22.7 Å². The lowest BCUT2D eigenvalue weighted by molar-refractivity contribution is 0.255. The monoisotopic (exact) mass is 341 g/mol. The van der Waals surface area contributed by atoms with Crippen LogP contribution in [0.5, 0.6) is 0 Å². The summed E-state index contributed by atoms with van der Waals surface area (Å²) in [7, 11) is 2.10. The maximum absolute atomic E-state index is 6.36. The number of likely N-dealkylation sites (N-methyl/N-ethyl adjacent to an activating group) is 1. The summed E-state index contributed by atoms with van der Waals surface area (Å²) in [5.41, 5.74) is 1.27. The Morgan fingerprint density at radius 2 is 2.21 bits per heavy atom. The van der Waals surface area contributed by atoms with Gasteiger partial charge in [-0.2, -0.15) is 0 Å². The van der Waals surface area contributed by atoms with Gasteiger partial charge in [0.2, 0.25) is 0 Å². The van der Waals surface area contributed by atoms with Crippen molar-refractivity contribution < 1.29 is 0 Å². The first kappa shape index (κ1) is 13.9. The van der Waals surface area contributed by atoms with E-state index in [1.165, 1.54) is 31.2 Å². The van der Waals surface area contributed by atoms with Crippen LogP contribution in [0.3, 0.4) is 0 Å². The molecule has 2 bridgehead atoms. The fourth-order valence-electron chi connectivity index (χ4n) is 4.18. The molecule has 2 fully saturated rings. The molecule has 1 aromatic carbocycles. The molecule has 19 heavy (non-hydrogen) atoms. The zero-order valence-corrected chi connectivity index (χ0v) is 13.7. The van der Waals surface area contributed by atoms with Gasteiger partial charge in [-0.05, 0) is 68.2 Å². The average molecular weight is 343 g/mol. The standard InChI is InChI=1S/C16H21BrClN/c1-19-16(14-7-10-2-3-11(14)6-10)8-12-4-5-13(17)9-15(12)18/h4-5,9-11,14,16,19H,2-3,6-8H2,1H3. The number of benzene rings is 1. The molecule has 3 heteroatoms. The molecule has 4 atom stereocenters. The van der Waals surface area contributed by atoms with Gasteiger partial charge < -0.3 is 5.32 Å². The fourth-order valence-corrected chi connectivity index (χ4v) is 4.93. The molecule has 0 spiro atoms. The van der Waals surface area contributed by atoms with Gasteiger partial charge in [-0.3, -0.25) is 0 Å². The average Bonchev–Trinajstić information content (AvgIpc) is 3.00. The molecule has 2 saturated carbocycles. The lowest BCUT2D eigenvalue weighted by Gasteiger charge is -2.30. The van der Waals surface area contributed by atoms with Gasteiger partial charge in [-0.25, -0.2) is 0 Å². The lowest BCUT2D eigenvalue weighted by Crippen LogP contribution is -2.38. The summed E-state index contributed by atoms with van der Waals surface area (Å²) < 4.78 is 1.06. The predicted molar refractivity (Wildman–Crippen MR) is 84.6 cm³/mol. The van der Waals surface area contributed by atoms with E-state index in [1.54, 1.807) is 0 Å². The molecule has 2 aliphatic rings. The van der Waals surface area contributed by atoms with Gasteiger partial charge in [-0.15, -0.1) is 0 Å². The minimum absolute atomic E-state index is 0.578. The molecule has 1 N–H and O–H groups in total. The Labute approximate surface area is 129 Å². The zero-order valence-electron chi connectivity index (χ0n) is 11.3. The largest absolute Gasteiger partial charge is 0.316 e. The number of hydrogen-bond donors (Lipinski definition) is 1. The number of fused-ring (bicyclic) bond motifs is 2. The molecule has 3 rings (SSSR count). The highest BCUT2D eigenvalue weighted by atomic mass is 79.9. The third-order valence-electron chi connectivity index (χ3n) is 5.14. The Balaban J connectivity index is 1.73. The van der Waals surface area contributed by atoms with Crippen LogP contribution in [-0.2, 0) is 6.42 Å². The molecule has 4 unspecified atom stereocenters. The Morgan fingerprint density at radius 3 is 2.79 bits per heavy atom. The van der Waals surface area contributed by atoms with Gasteiger partial charge >= 0.3 is 0 Å². The summed E-state index contributed by atoms with van der Waals surface area (Å²) in [5, 5.41) is 4.44. The molecule has 0 amide bonds. The van der Waals surface area contributed by atoms with Gasteiger partial charge in [0, 0.05) is 15.5 Å². The van der Waals surface area contributed by atoms with Gasteiger partial charge in [-0.1, -0.05) is 40.0 Å². The van der Waals surface area contributed by atoms with Crippen LogP contribution < -0.4 is 5.32 Å². The van der Waals surface area contributed by atoms with Crippen molar-refractivity contribution in [2.45, 2.75) is 38.1 Å². The second-order valence-corrected chi connectivity index (χ2v) is 7.50. The van der Waals surface area contributed by atoms with Crippen molar-refractivity contribution in [3.8, 4) is 0 Å². The van der Waals surface area contributed by atoms with E-state index in [9.17, 15) is 0 Å². The van der Waals surface area contributed by atoms with Crippen LogP contribution in [0, 0.1) is 17.8 Å². The third-order valence-corrected chi connectivity index (χ3v) is 5.98. The summed E-state index contributed by atoms with van der Waals surface area (Å²) >= 11 is 9.83. The van der Waals surface area contributed by atoms with Crippen LogP contribution in [0.1, 0.15) is 31.2 Å². The van der Waals surface area contributed by atoms with E-state index in [4.69, 9.17) is 11.6 Å². The van der Waals surface area contributed by atoms with Crippen molar-refractivity contribution in [2.75, 3.05) is 7.05 Å². The smallest absolute Gasteiger partial charge is 0.0449 e. The molecule has 0 radical (unpaired) electrons. The van der Waals surface area contributed by atoms with Crippen LogP contribution in [0.2, 0.25) is 5.02 Å². The van der Waals surface area contributed by atoms with Gasteiger partial charge in [0.1, 0.15) is 0 Å². The maximum Gasteiger partial charge on any atom is 0.0449 e. The first-order valence-corrected chi connectivity index (χ1v) is 8.45. The molecule has 0 heterocycles. The predicted octanol–water partition coefficient (Wildman–Crippen LogP) is 4.67. The topological polar surface area (TPSA) is 12.0 Å². The van der Waals surface area contributed by atoms with E-state index >= 15 is 0 Å². The number of nitrogens with one attached hydrogen (secondary N) is 1. The number of hydrogen-bond acceptors (Lipinski definition) is 1. The first-order valence-electron chi connectivity index (χ1n) is 7.28. The maximum atomic E-state index is 6.36. The van der Waals surface area contributed by atoms with Gasteiger partial charge in [0.15, 0.2) is 0 Å². The van der Waals surface area contributed by atoms with E-state index < -0.39 is 0 Å². The number of rotatable bonds is 4. The van der Waals surface area contributed by atoms with Crippen molar-refractivity contribution >= 4 is 27.5 Å². The highest BCUT2D eigenvalue weighted by molar-refractivity contribution is 9.10. The van der Waals surface area contributed by atoms with E-state index in [0.29, 0.717) is 6.04 Å². The Kier molecular flexibility index (Phi) is 4.21. The summed E-state index contributed by atoms with van der Waals surface area (Å²) in [6.45, 7) is 0. The normalized spacial score (nSPS) is 30.8. The van der Waals surface area contributed by atoms with E-state index in [0.717, 1.165) is 33.7 Å². The summed E-state index contributed by atoms with van der Waals surface area (Å²) in [5.74, 6) is 2.81. The molecule has 104 valence electrons. The van der Waals surface area contributed by atoms with Crippen LogP contribution in [0.4, 0.5) is 0 Å². The second kappa shape index (κ2) is 5.75. The third kappa shape index (κ3) is 2.86. The molecule has 1 aromatic rings. The Morgan fingerprint density at radius 1 is 1.37 bits per heavy atom. The van der Waals surface area contributed by atoms with Crippen molar-refractivity contribution in [3.63, 3.8) is 0 Å². The van der Waals surface area contributed by atoms with Crippen molar-refractivity contribution in [1.82, 2.24) is 5.32 Å². The summed E-state index contributed by atoms with van der Waals surface area (Å²) in [4.78, 5) is 0. The van der Waals surface area contributed by atoms with Crippen LogP contribution in [0.25, 0.3) is 0 Å². The molecule has 1 nitrogen and oxygen atoms in total. The van der Waals surface area contributed by atoms with E-state index in [-0.39, 0.29) is 0 Å².